The number of sulfonamides is 1. The summed E-state index contributed by atoms with van der Waals surface area (Å²) in [5, 5.41) is 2.90. The molecule has 208 valence electrons. The molecule has 5 rings (SSSR count). The first kappa shape index (κ1) is 28.1. The maximum absolute atomic E-state index is 13.5. The van der Waals surface area contributed by atoms with Crippen LogP contribution in [0, 0.1) is 0 Å². The number of hydrogen-bond donors (Lipinski definition) is 1. The Hall–Kier alpha value is -4.47. The zero-order chi connectivity index (χ0) is 29.1. The number of ether oxygens (including phenoxy) is 1. The highest BCUT2D eigenvalue weighted by atomic mass is 35.5. The van der Waals surface area contributed by atoms with Crippen LogP contribution in [0.5, 0.6) is 0 Å². The lowest BCUT2D eigenvalue weighted by Gasteiger charge is -2.24. The lowest BCUT2D eigenvalue weighted by atomic mass is 10.0. The summed E-state index contributed by atoms with van der Waals surface area (Å²) >= 11 is 6.09. The molecular formula is C31H25ClN2O6S. The molecule has 41 heavy (non-hydrogen) atoms. The molecule has 0 spiro atoms. The van der Waals surface area contributed by atoms with Gasteiger partial charge in [-0.2, -0.15) is 0 Å². The Bertz CT molecular complexity index is 1760. The van der Waals surface area contributed by atoms with Gasteiger partial charge >= 0.3 is 5.97 Å². The van der Waals surface area contributed by atoms with Crippen LogP contribution in [-0.4, -0.2) is 38.7 Å². The largest absolute Gasteiger partial charge is 0.452 e. The van der Waals surface area contributed by atoms with E-state index in [0.717, 1.165) is 5.56 Å². The number of anilines is 2. The average Bonchev–Trinajstić information content (AvgIpc) is 3.33. The van der Waals surface area contributed by atoms with Crippen molar-refractivity contribution in [1.29, 1.82) is 0 Å². The molecule has 4 aromatic rings. The quantitative estimate of drug-likeness (QED) is 0.215. The van der Waals surface area contributed by atoms with Crippen LogP contribution in [0.15, 0.2) is 102 Å². The Balaban J connectivity index is 1.28. The van der Waals surface area contributed by atoms with Gasteiger partial charge in [0.05, 0.1) is 21.8 Å². The number of amides is 1. The molecule has 1 amide bonds. The van der Waals surface area contributed by atoms with Crippen LogP contribution in [0.2, 0.25) is 5.02 Å². The molecule has 0 bridgehead atoms. The number of benzene rings is 4. The highest BCUT2D eigenvalue weighted by molar-refractivity contribution is 7.92. The Kier molecular flexibility index (Phi) is 7.92. The third-order valence-corrected chi connectivity index (χ3v) is 8.80. The summed E-state index contributed by atoms with van der Waals surface area (Å²) in [7, 11) is -3.97. The van der Waals surface area contributed by atoms with Crippen molar-refractivity contribution in [1.82, 2.24) is 0 Å². The van der Waals surface area contributed by atoms with Crippen LogP contribution in [0.4, 0.5) is 11.4 Å². The number of fused-ring (bicyclic) bond motifs is 1. The van der Waals surface area contributed by atoms with Gasteiger partial charge in [-0.3, -0.25) is 13.9 Å². The summed E-state index contributed by atoms with van der Waals surface area (Å²) in [4.78, 5) is 38.4. The van der Waals surface area contributed by atoms with Gasteiger partial charge < -0.3 is 10.1 Å². The zero-order valence-electron chi connectivity index (χ0n) is 21.9. The SMILES string of the molecule is CC1Cc2ccccc2N1S(=O)(=O)c1cccc(C(=O)OCC(=O)Nc2ccc(Cl)cc2C(=O)c2ccccc2)c1. The van der Waals surface area contributed by atoms with E-state index in [1.807, 2.05) is 19.1 Å². The maximum Gasteiger partial charge on any atom is 0.338 e. The van der Waals surface area contributed by atoms with Crippen molar-refractivity contribution in [2.24, 2.45) is 0 Å². The number of ketones is 1. The van der Waals surface area contributed by atoms with E-state index in [1.54, 1.807) is 42.5 Å². The van der Waals surface area contributed by atoms with Gasteiger partial charge in [0.2, 0.25) is 0 Å². The number of carbonyl (C=O) groups is 3. The second-order valence-electron chi connectivity index (χ2n) is 9.52. The molecule has 0 aliphatic carbocycles. The first-order chi connectivity index (χ1) is 19.6. The summed E-state index contributed by atoms with van der Waals surface area (Å²) in [5.41, 5.74) is 2.32. The zero-order valence-corrected chi connectivity index (χ0v) is 23.5. The molecule has 10 heteroatoms. The predicted molar refractivity (Wildman–Crippen MR) is 156 cm³/mol. The number of para-hydroxylation sites is 1. The third-order valence-electron chi connectivity index (χ3n) is 6.64. The Morgan fingerprint density at radius 2 is 1.61 bits per heavy atom. The summed E-state index contributed by atoms with van der Waals surface area (Å²) < 4.78 is 33.6. The van der Waals surface area contributed by atoms with Gasteiger partial charge in [-0.15, -0.1) is 0 Å². The van der Waals surface area contributed by atoms with Crippen LogP contribution in [0.25, 0.3) is 0 Å². The first-order valence-electron chi connectivity index (χ1n) is 12.7. The van der Waals surface area contributed by atoms with Crippen LogP contribution in [0.3, 0.4) is 0 Å². The standard InChI is InChI=1S/C31H25ClN2O6S/c1-20-16-22-10-5-6-13-28(22)34(20)41(38,39)25-12-7-11-23(17-25)31(37)40-19-29(35)33-27-15-14-24(32)18-26(27)30(36)21-8-3-2-4-9-21/h2-15,17-18,20H,16,19H2,1H3,(H,33,35). The van der Waals surface area contributed by atoms with Gasteiger partial charge in [0.15, 0.2) is 12.4 Å². The van der Waals surface area contributed by atoms with E-state index < -0.39 is 28.5 Å². The van der Waals surface area contributed by atoms with Crippen molar-refractivity contribution < 1.29 is 27.5 Å². The number of rotatable bonds is 8. The molecule has 0 radical (unpaired) electrons. The lowest BCUT2D eigenvalue weighted by molar-refractivity contribution is -0.119. The van der Waals surface area contributed by atoms with E-state index in [-0.39, 0.29) is 33.5 Å². The monoisotopic (exact) mass is 588 g/mol. The molecule has 4 aromatic carbocycles. The fraction of sp³-hybridized carbons (Fsp3) is 0.129. The highest BCUT2D eigenvalue weighted by Gasteiger charge is 2.36. The van der Waals surface area contributed by atoms with Gasteiger partial charge in [-0.25, -0.2) is 13.2 Å². The molecule has 8 nitrogen and oxygen atoms in total. The van der Waals surface area contributed by atoms with Crippen LogP contribution in [-0.2, 0) is 26.0 Å². The Morgan fingerprint density at radius 3 is 2.39 bits per heavy atom. The molecule has 1 aliphatic rings. The second-order valence-corrected chi connectivity index (χ2v) is 11.8. The molecule has 0 aromatic heterocycles. The molecular weight excluding hydrogens is 564 g/mol. The number of nitrogens with one attached hydrogen (secondary N) is 1. The van der Waals surface area contributed by atoms with Gasteiger partial charge in [-0.05, 0) is 61.4 Å². The van der Waals surface area contributed by atoms with E-state index in [0.29, 0.717) is 22.7 Å². The molecule has 0 fully saturated rings. The first-order valence-corrected chi connectivity index (χ1v) is 14.6. The van der Waals surface area contributed by atoms with Crippen molar-refractivity contribution in [2.45, 2.75) is 24.3 Å². The average molecular weight is 589 g/mol. The smallest absolute Gasteiger partial charge is 0.338 e. The Labute approximate surface area is 242 Å². The molecule has 1 aliphatic heterocycles. The highest BCUT2D eigenvalue weighted by Crippen LogP contribution is 2.36. The summed E-state index contributed by atoms with van der Waals surface area (Å²) in [5.74, 6) is -1.90. The van der Waals surface area contributed by atoms with Crippen molar-refractivity contribution in [2.75, 3.05) is 16.2 Å². The van der Waals surface area contributed by atoms with Crippen LogP contribution < -0.4 is 9.62 Å². The number of nitrogens with zero attached hydrogens (tertiary/aromatic N) is 1. The molecule has 1 unspecified atom stereocenters. The predicted octanol–water partition coefficient (Wildman–Crippen LogP) is 5.51. The minimum Gasteiger partial charge on any atom is -0.452 e. The van der Waals surface area contributed by atoms with Gasteiger partial charge in [0.1, 0.15) is 0 Å². The fourth-order valence-corrected chi connectivity index (χ4v) is 6.67. The summed E-state index contributed by atoms with van der Waals surface area (Å²) in [6.07, 6.45) is 0.582. The maximum atomic E-state index is 13.5. The van der Waals surface area contributed by atoms with E-state index in [4.69, 9.17) is 16.3 Å². The number of hydrogen-bond acceptors (Lipinski definition) is 6. The van der Waals surface area contributed by atoms with Crippen LogP contribution in [0.1, 0.15) is 38.8 Å². The molecule has 0 saturated heterocycles. The number of halogens is 1. The summed E-state index contributed by atoms with van der Waals surface area (Å²) in [6.45, 7) is 1.17. The lowest BCUT2D eigenvalue weighted by Crippen LogP contribution is -2.35. The van der Waals surface area contributed by atoms with E-state index in [2.05, 4.69) is 5.32 Å². The van der Waals surface area contributed by atoms with E-state index >= 15 is 0 Å². The van der Waals surface area contributed by atoms with Gasteiger partial charge in [-0.1, -0.05) is 66.2 Å². The molecule has 1 heterocycles. The number of esters is 1. The van der Waals surface area contributed by atoms with E-state index in [1.165, 1.54) is 46.8 Å². The molecule has 1 atom stereocenters. The minimum atomic E-state index is -3.97. The molecule has 0 saturated carbocycles. The number of carbonyl (C=O) groups excluding carboxylic acids is 3. The van der Waals surface area contributed by atoms with Crippen molar-refractivity contribution >= 4 is 50.7 Å². The van der Waals surface area contributed by atoms with Crippen molar-refractivity contribution in [3.8, 4) is 0 Å². The Morgan fingerprint density at radius 1 is 0.902 bits per heavy atom. The van der Waals surface area contributed by atoms with Gasteiger partial charge in [0.25, 0.3) is 15.9 Å². The minimum absolute atomic E-state index is 0.0227. The topological polar surface area (TPSA) is 110 Å². The van der Waals surface area contributed by atoms with E-state index in [9.17, 15) is 22.8 Å². The van der Waals surface area contributed by atoms with Crippen molar-refractivity contribution in [3.05, 3.63) is 124 Å². The fourth-order valence-electron chi connectivity index (χ4n) is 4.76. The molecule has 1 N–H and O–H groups in total. The third kappa shape index (κ3) is 5.86. The van der Waals surface area contributed by atoms with Crippen molar-refractivity contribution in [3.63, 3.8) is 0 Å². The van der Waals surface area contributed by atoms with Crippen LogP contribution >= 0.6 is 11.6 Å². The summed E-state index contributed by atoms with van der Waals surface area (Å²) in [6, 6.07) is 25.5. The normalized spacial score (nSPS) is 14.3. The van der Waals surface area contributed by atoms with Gasteiger partial charge in [0, 0.05) is 22.2 Å². The second kappa shape index (κ2) is 11.6.